The smallest absolute Gasteiger partial charge is 0.139 e. The minimum Gasteiger partial charge on any atom is -1.00 e. The van der Waals surface area contributed by atoms with Crippen LogP contribution < -0.4 is 17.3 Å². The first-order valence-electron chi connectivity index (χ1n) is 9.36. The van der Waals surface area contributed by atoms with E-state index in [-0.39, 0.29) is 12.4 Å². The standard InChI is InChI=1S/C21H29NO.ClH/c23-21(19-11-3-1-4-12-19,20-13-5-2-6-14-20)15-7-8-16-22-17-9-10-18-22;/h1,3-4,11-12,20,23H,2,5-6,9-10,13-18H2;1H. The van der Waals surface area contributed by atoms with Crippen LogP contribution in [0, 0.1) is 17.8 Å². The molecule has 3 heteroatoms. The van der Waals surface area contributed by atoms with Crippen molar-refractivity contribution in [3.63, 3.8) is 0 Å². The molecular formula is C21H30ClNO. The van der Waals surface area contributed by atoms with Crippen molar-refractivity contribution in [3.8, 4) is 11.8 Å². The molecular weight excluding hydrogens is 318 g/mol. The minimum atomic E-state index is -0.769. The second kappa shape index (κ2) is 9.47. The molecule has 1 aliphatic carbocycles. The number of halogens is 1. The average molecular weight is 348 g/mol. The predicted molar refractivity (Wildman–Crippen MR) is 94.1 cm³/mol. The molecule has 1 unspecified atom stereocenters. The van der Waals surface area contributed by atoms with Crippen LogP contribution in [0.2, 0.25) is 0 Å². The lowest BCUT2D eigenvalue weighted by atomic mass is 9.72. The fourth-order valence-electron chi connectivity index (χ4n) is 4.23. The molecule has 1 aromatic carbocycles. The normalized spacial score (nSPS) is 21.4. The van der Waals surface area contributed by atoms with Crippen molar-refractivity contribution >= 4 is 0 Å². The Morgan fingerprint density at radius 3 is 2.29 bits per heavy atom. The molecule has 24 heavy (non-hydrogen) atoms. The highest BCUT2D eigenvalue weighted by Crippen LogP contribution is 2.41. The molecule has 1 atom stereocenters. The number of quaternary nitrogens is 1. The maximum Gasteiger partial charge on any atom is 0.139 e. The molecule has 132 valence electrons. The average Bonchev–Trinajstić information content (AvgIpc) is 3.13. The van der Waals surface area contributed by atoms with E-state index in [1.165, 1.54) is 45.2 Å². The van der Waals surface area contributed by atoms with Gasteiger partial charge in [0.15, 0.2) is 0 Å². The summed E-state index contributed by atoms with van der Waals surface area (Å²) >= 11 is 0. The first-order chi connectivity index (χ1) is 11.3. The summed E-state index contributed by atoms with van der Waals surface area (Å²) in [5.74, 6) is 7.03. The SMILES string of the molecule is OC(CC#CC[NH+]1CCCC1)(c1ccccc1)C1CCCCC1.[Cl-]. The maximum atomic E-state index is 11.5. The molecule has 0 amide bonds. The summed E-state index contributed by atoms with van der Waals surface area (Å²) in [6.07, 6.45) is 9.31. The Morgan fingerprint density at radius 1 is 0.958 bits per heavy atom. The molecule has 0 bridgehead atoms. The van der Waals surface area contributed by atoms with E-state index in [2.05, 4.69) is 24.0 Å². The van der Waals surface area contributed by atoms with E-state index in [1.54, 1.807) is 4.90 Å². The number of likely N-dealkylation sites (tertiary alicyclic amines) is 1. The zero-order valence-electron chi connectivity index (χ0n) is 14.6. The Morgan fingerprint density at radius 2 is 1.62 bits per heavy atom. The second-order valence-electron chi connectivity index (χ2n) is 7.29. The zero-order valence-corrected chi connectivity index (χ0v) is 15.3. The number of hydrogen-bond donors (Lipinski definition) is 2. The number of aliphatic hydroxyl groups is 1. The van der Waals surface area contributed by atoms with Crippen LogP contribution in [0.15, 0.2) is 30.3 Å². The van der Waals surface area contributed by atoms with Crippen molar-refractivity contribution < 1.29 is 22.4 Å². The lowest BCUT2D eigenvalue weighted by Crippen LogP contribution is -3.09. The van der Waals surface area contributed by atoms with Crippen LogP contribution in [0.25, 0.3) is 0 Å². The zero-order chi connectivity index (χ0) is 16.0. The molecule has 0 radical (unpaired) electrons. The topological polar surface area (TPSA) is 24.7 Å². The lowest BCUT2D eigenvalue weighted by Gasteiger charge is -2.38. The third-order valence-electron chi connectivity index (χ3n) is 5.69. The Balaban J connectivity index is 0.00000208. The van der Waals surface area contributed by atoms with Gasteiger partial charge in [0.1, 0.15) is 12.1 Å². The number of hydrogen-bond acceptors (Lipinski definition) is 1. The maximum absolute atomic E-state index is 11.5. The molecule has 3 rings (SSSR count). The van der Waals surface area contributed by atoms with Gasteiger partial charge in [0, 0.05) is 19.3 Å². The van der Waals surface area contributed by atoms with Gasteiger partial charge in [0.25, 0.3) is 0 Å². The summed E-state index contributed by atoms with van der Waals surface area (Å²) < 4.78 is 0. The molecule has 1 heterocycles. The van der Waals surface area contributed by atoms with Gasteiger partial charge in [-0.25, -0.2) is 0 Å². The predicted octanol–water partition coefficient (Wildman–Crippen LogP) is -0.469. The van der Waals surface area contributed by atoms with Crippen molar-refractivity contribution in [1.29, 1.82) is 0 Å². The third kappa shape index (κ3) is 4.76. The van der Waals surface area contributed by atoms with Gasteiger partial charge in [-0.2, -0.15) is 0 Å². The van der Waals surface area contributed by atoms with Gasteiger partial charge in [0.05, 0.1) is 13.1 Å². The highest BCUT2D eigenvalue weighted by atomic mass is 35.5. The van der Waals surface area contributed by atoms with E-state index in [4.69, 9.17) is 0 Å². The van der Waals surface area contributed by atoms with E-state index in [0.29, 0.717) is 12.3 Å². The van der Waals surface area contributed by atoms with E-state index < -0.39 is 5.60 Å². The van der Waals surface area contributed by atoms with Gasteiger partial charge >= 0.3 is 0 Å². The first kappa shape index (κ1) is 19.3. The molecule has 0 spiro atoms. The van der Waals surface area contributed by atoms with Gasteiger partial charge in [-0.3, -0.25) is 0 Å². The van der Waals surface area contributed by atoms with Gasteiger partial charge in [-0.1, -0.05) is 55.5 Å². The first-order valence-corrected chi connectivity index (χ1v) is 9.36. The van der Waals surface area contributed by atoms with Crippen LogP contribution in [0.1, 0.15) is 56.9 Å². The van der Waals surface area contributed by atoms with E-state index in [1.807, 2.05) is 18.2 Å². The Bertz CT molecular complexity index is 538. The molecule has 1 saturated carbocycles. The van der Waals surface area contributed by atoms with Crippen LogP contribution in [0.4, 0.5) is 0 Å². The molecule has 2 fully saturated rings. The number of benzene rings is 1. The van der Waals surface area contributed by atoms with Crippen LogP contribution >= 0.6 is 0 Å². The summed E-state index contributed by atoms with van der Waals surface area (Å²) in [6.45, 7) is 3.47. The van der Waals surface area contributed by atoms with Crippen molar-refractivity contribution in [2.45, 2.75) is 57.0 Å². The van der Waals surface area contributed by atoms with Crippen molar-refractivity contribution in [1.82, 2.24) is 0 Å². The fraction of sp³-hybridized carbons (Fsp3) is 0.619. The van der Waals surface area contributed by atoms with Crippen LogP contribution in [-0.2, 0) is 5.60 Å². The van der Waals surface area contributed by atoms with Crippen molar-refractivity contribution in [3.05, 3.63) is 35.9 Å². The highest BCUT2D eigenvalue weighted by Gasteiger charge is 2.38. The molecule has 1 saturated heterocycles. The Kier molecular flexibility index (Phi) is 7.62. The Hall–Kier alpha value is -1.01. The van der Waals surface area contributed by atoms with E-state index >= 15 is 0 Å². The summed E-state index contributed by atoms with van der Waals surface area (Å²) in [6, 6.07) is 10.2. The monoisotopic (exact) mass is 347 g/mol. The molecule has 1 aliphatic heterocycles. The fourth-order valence-corrected chi connectivity index (χ4v) is 4.23. The van der Waals surface area contributed by atoms with Gasteiger partial charge in [0.2, 0.25) is 0 Å². The van der Waals surface area contributed by atoms with E-state index in [9.17, 15) is 5.11 Å². The molecule has 1 aromatic rings. The lowest BCUT2D eigenvalue weighted by molar-refractivity contribution is -0.879. The van der Waals surface area contributed by atoms with Crippen molar-refractivity contribution in [2.24, 2.45) is 5.92 Å². The van der Waals surface area contributed by atoms with Crippen LogP contribution in [0.5, 0.6) is 0 Å². The quantitative estimate of drug-likeness (QED) is 0.707. The molecule has 2 N–H and O–H groups in total. The number of nitrogens with one attached hydrogen (secondary N) is 1. The summed E-state index contributed by atoms with van der Waals surface area (Å²) in [7, 11) is 0. The summed E-state index contributed by atoms with van der Waals surface area (Å²) in [5.41, 5.74) is 0.282. The Labute approximate surface area is 153 Å². The third-order valence-corrected chi connectivity index (χ3v) is 5.69. The van der Waals surface area contributed by atoms with Crippen molar-refractivity contribution in [2.75, 3.05) is 19.6 Å². The molecule has 2 nitrogen and oxygen atoms in total. The van der Waals surface area contributed by atoms with Crippen LogP contribution in [-0.4, -0.2) is 24.7 Å². The highest BCUT2D eigenvalue weighted by molar-refractivity contribution is 5.26. The molecule has 2 aliphatic rings. The van der Waals surface area contributed by atoms with E-state index in [0.717, 1.165) is 24.9 Å². The summed E-state index contributed by atoms with van der Waals surface area (Å²) in [4.78, 5) is 1.61. The van der Waals surface area contributed by atoms with Gasteiger partial charge in [-0.15, -0.1) is 0 Å². The molecule has 0 aromatic heterocycles. The summed E-state index contributed by atoms with van der Waals surface area (Å²) in [5, 5.41) is 11.5. The largest absolute Gasteiger partial charge is 1.00 e. The van der Waals surface area contributed by atoms with Crippen LogP contribution in [0.3, 0.4) is 0 Å². The van der Waals surface area contributed by atoms with Gasteiger partial charge < -0.3 is 22.4 Å². The second-order valence-corrected chi connectivity index (χ2v) is 7.29. The minimum absolute atomic E-state index is 0. The van der Waals surface area contributed by atoms with Gasteiger partial charge in [-0.05, 0) is 30.2 Å². The number of rotatable bonds is 4.